The van der Waals surface area contributed by atoms with Crippen molar-refractivity contribution in [3.8, 4) is 0 Å². The minimum absolute atomic E-state index is 0.460. The second-order valence-electron chi connectivity index (χ2n) is 2.33. The SMILES string of the molecule is CNC(=O)C(C)(O)NC(C)=O. The number of amides is 2. The van der Waals surface area contributed by atoms with E-state index in [2.05, 4.69) is 10.6 Å². The second kappa shape index (κ2) is 3.34. The summed E-state index contributed by atoms with van der Waals surface area (Å²) in [4.78, 5) is 21.2. The molecule has 0 aliphatic carbocycles. The Labute approximate surface area is 64.8 Å². The van der Waals surface area contributed by atoms with Gasteiger partial charge in [-0.05, 0) is 6.92 Å². The molecule has 5 nitrogen and oxygen atoms in total. The molecule has 0 bridgehead atoms. The summed E-state index contributed by atoms with van der Waals surface area (Å²) in [5.74, 6) is -1.11. The number of carbonyl (C=O) groups excluding carboxylic acids is 2. The van der Waals surface area contributed by atoms with Crippen molar-refractivity contribution in [3.05, 3.63) is 0 Å². The van der Waals surface area contributed by atoms with Crippen molar-refractivity contribution in [1.82, 2.24) is 10.6 Å². The van der Waals surface area contributed by atoms with Crippen LogP contribution in [0, 0.1) is 0 Å². The summed E-state index contributed by atoms with van der Waals surface area (Å²) in [5, 5.41) is 13.5. The van der Waals surface area contributed by atoms with E-state index in [-0.39, 0.29) is 0 Å². The van der Waals surface area contributed by atoms with Crippen molar-refractivity contribution >= 4 is 11.8 Å². The van der Waals surface area contributed by atoms with Crippen LogP contribution < -0.4 is 10.6 Å². The van der Waals surface area contributed by atoms with Crippen LogP contribution in [0.15, 0.2) is 0 Å². The quantitative estimate of drug-likeness (QED) is 0.434. The zero-order valence-corrected chi connectivity index (χ0v) is 6.76. The van der Waals surface area contributed by atoms with Crippen molar-refractivity contribution < 1.29 is 14.7 Å². The Morgan fingerprint density at radius 2 is 1.91 bits per heavy atom. The van der Waals surface area contributed by atoms with Gasteiger partial charge < -0.3 is 15.7 Å². The van der Waals surface area contributed by atoms with Gasteiger partial charge in [0, 0.05) is 14.0 Å². The van der Waals surface area contributed by atoms with Crippen LogP contribution in [-0.4, -0.2) is 29.7 Å². The van der Waals surface area contributed by atoms with E-state index < -0.39 is 17.5 Å². The van der Waals surface area contributed by atoms with Crippen LogP contribution in [0.2, 0.25) is 0 Å². The number of hydrogen-bond donors (Lipinski definition) is 3. The van der Waals surface area contributed by atoms with E-state index in [1.54, 1.807) is 0 Å². The fraction of sp³-hybridized carbons (Fsp3) is 0.667. The average Bonchev–Trinajstić information content (AvgIpc) is 1.83. The number of likely N-dealkylation sites (N-methyl/N-ethyl adjacent to an activating group) is 1. The predicted octanol–water partition coefficient (Wildman–Crippen LogP) is -1.42. The first-order valence-corrected chi connectivity index (χ1v) is 3.13. The zero-order chi connectivity index (χ0) is 9.07. The van der Waals surface area contributed by atoms with Crippen LogP contribution in [0.3, 0.4) is 0 Å². The molecule has 0 saturated heterocycles. The Balaban J connectivity index is 4.21. The van der Waals surface area contributed by atoms with Crippen molar-refractivity contribution in [2.45, 2.75) is 19.6 Å². The summed E-state index contributed by atoms with van der Waals surface area (Å²) < 4.78 is 0. The second-order valence-corrected chi connectivity index (χ2v) is 2.33. The highest BCUT2D eigenvalue weighted by atomic mass is 16.3. The molecule has 0 radical (unpaired) electrons. The highest BCUT2D eigenvalue weighted by molar-refractivity contribution is 5.88. The maximum Gasteiger partial charge on any atom is 0.272 e. The van der Waals surface area contributed by atoms with E-state index in [1.807, 2.05) is 0 Å². The molecule has 0 aromatic carbocycles. The van der Waals surface area contributed by atoms with E-state index in [0.29, 0.717) is 0 Å². The number of carbonyl (C=O) groups is 2. The molecule has 0 fully saturated rings. The Bertz CT molecular complexity index is 177. The largest absolute Gasteiger partial charge is 0.363 e. The highest BCUT2D eigenvalue weighted by Gasteiger charge is 2.29. The van der Waals surface area contributed by atoms with Crippen molar-refractivity contribution in [1.29, 1.82) is 0 Å². The Hall–Kier alpha value is -1.10. The Morgan fingerprint density at radius 1 is 1.45 bits per heavy atom. The molecule has 0 aliphatic rings. The number of hydrogen-bond acceptors (Lipinski definition) is 3. The van der Waals surface area contributed by atoms with Gasteiger partial charge in [0.15, 0.2) is 0 Å². The molecule has 5 heteroatoms. The summed E-state index contributed by atoms with van der Waals surface area (Å²) in [6.07, 6.45) is 0. The molecule has 0 aliphatic heterocycles. The Morgan fingerprint density at radius 3 is 2.18 bits per heavy atom. The fourth-order valence-electron chi connectivity index (χ4n) is 0.643. The maximum absolute atomic E-state index is 10.8. The van der Waals surface area contributed by atoms with E-state index >= 15 is 0 Å². The van der Waals surface area contributed by atoms with Crippen LogP contribution in [-0.2, 0) is 9.59 Å². The minimum Gasteiger partial charge on any atom is -0.363 e. The Kier molecular flexibility index (Phi) is 3.00. The molecule has 11 heavy (non-hydrogen) atoms. The monoisotopic (exact) mass is 160 g/mol. The average molecular weight is 160 g/mol. The lowest BCUT2D eigenvalue weighted by molar-refractivity contribution is -0.146. The lowest BCUT2D eigenvalue weighted by atomic mass is 10.2. The van der Waals surface area contributed by atoms with Crippen LogP contribution in [0.1, 0.15) is 13.8 Å². The van der Waals surface area contributed by atoms with Gasteiger partial charge >= 0.3 is 0 Å². The van der Waals surface area contributed by atoms with Crippen LogP contribution in [0.5, 0.6) is 0 Å². The molecule has 3 N–H and O–H groups in total. The standard InChI is InChI=1S/C6H12N2O3/c1-4(9)8-6(2,11)5(10)7-3/h11H,1-3H3,(H,7,10)(H,8,9). The molecule has 0 aromatic rings. The van der Waals surface area contributed by atoms with Gasteiger partial charge in [-0.15, -0.1) is 0 Å². The first-order chi connectivity index (χ1) is 4.90. The van der Waals surface area contributed by atoms with E-state index in [4.69, 9.17) is 0 Å². The van der Waals surface area contributed by atoms with Crippen molar-refractivity contribution in [2.24, 2.45) is 0 Å². The minimum atomic E-state index is -1.82. The predicted molar refractivity (Wildman–Crippen MR) is 38.5 cm³/mol. The van der Waals surface area contributed by atoms with Crippen molar-refractivity contribution in [2.75, 3.05) is 7.05 Å². The molecule has 2 amide bonds. The summed E-state index contributed by atoms with van der Waals surface area (Å²) in [7, 11) is 1.37. The van der Waals surface area contributed by atoms with Crippen LogP contribution >= 0.6 is 0 Å². The summed E-state index contributed by atoms with van der Waals surface area (Å²) in [5.41, 5.74) is -1.82. The van der Waals surface area contributed by atoms with Gasteiger partial charge in [0.2, 0.25) is 11.6 Å². The third kappa shape index (κ3) is 2.99. The van der Waals surface area contributed by atoms with Gasteiger partial charge in [0.05, 0.1) is 0 Å². The number of nitrogens with one attached hydrogen (secondary N) is 2. The summed E-state index contributed by atoms with van der Waals surface area (Å²) in [6, 6.07) is 0. The molecular weight excluding hydrogens is 148 g/mol. The molecule has 1 atom stereocenters. The smallest absolute Gasteiger partial charge is 0.272 e. The number of aliphatic hydroxyl groups is 1. The zero-order valence-electron chi connectivity index (χ0n) is 6.76. The maximum atomic E-state index is 10.8. The van der Waals surface area contributed by atoms with E-state index in [9.17, 15) is 14.7 Å². The normalized spacial score (nSPS) is 14.9. The van der Waals surface area contributed by atoms with Gasteiger partial charge in [-0.2, -0.15) is 0 Å². The van der Waals surface area contributed by atoms with E-state index in [1.165, 1.54) is 20.9 Å². The lowest BCUT2D eigenvalue weighted by Gasteiger charge is -2.21. The van der Waals surface area contributed by atoms with Gasteiger partial charge in [-0.3, -0.25) is 9.59 Å². The van der Waals surface area contributed by atoms with Gasteiger partial charge in [-0.1, -0.05) is 0 Å². The molecule has 0 saturated carbocycles. The van der Waals surface area contributed by atoms with Gasteiger partial charge in [0.25, 0.3) is 5.91 Å². The lowest BCUT2D eigenvalue weighted by Crippen LogP contribution is -2.55. The van der Waals surface area contributed by atoms with E-state index in [0.717, 1.165) is 0 Å². The third-order valence-electron chi connectivity index (χ3n) is 1.09. The van der Waals surface area contributed by atoms with Crippen LogP contribution in [0.25, 0.3) is 0 Å². The molecule has 0 spiro atoms. The summed E-state index contributed by atoms with van der Waals surface area (Å²) >= 11 is 0. The van der Waals surface area contributed by atoms with Crippen molar-refractivity contribution in [3.63, 3.8) is 0 Å². The van der Waals surface area contributed by atoms with Crippen LogP contribution in [0.4, 0.5) is 0 Å². The molecule has 1 unspecified atom stereocenters. The first-order valence-electron chi connectivity index (χ1n) is 3.13. The third-order valence-corrected chi connectivity index (χ3v) is 1.09. The van der Waals surface area contributed by atoms with Gasteiger partial charge in [-0.25, -0.2) is 0 Å². The molecular formula is C6H12N2O3. The topological polar surface area (TPSA) is 78.4 Å². The first kappa shape index (κ1) is 9.90. The fourth-order valence-corrected chi connectivity index (χ4v) is 0.643. The molecule has 0 heterocycles. The molecule has 64 valence electrons. The molecule has 0 rings (SSSR count). The van der Waals surface area contributed by atoms with Gasteiger partial charge in [0.1, 0.15) is 0 Å². The summed E-state index contributed by atoms with van der Waals surface area (Å²) in [6.45, 7) is 2.42. The highest BCUT2D eigenvalue weighted by Crippen LogP contribution is 1.96. The number of rotatable bonds is 2. The molecule has 0 aromatic heterocycles.